The third-order valence-electron chi connectivity index (χ3n) is 9.29. The van der Waals surface area contributed by atoms with Gasteiger partial charge in [-0.3, -0.25) is 0 Å². The molecule has 0 aliphatic heterocycles. The Morgan fingerprint density at radius 1 is 0.273 bits per heavy atom. The van der Waals surface area contributed by atoms with Gasteiger partial charge in [-0.2, -0.15) is 0 Å². The molecule has 0 saturated carbocycles. The zero-order valence-corrected chi connectivity index (χ0v) is 37.3. The van der Waals surface area contributed by atoms with Gasteiger partial charge in [0.25, 0.3) is 0 Å². The molecule has 0 unspecified atom stereocenters. The number of unbranched alkanes of at least 4 members (excludes halogenated alkanes) is 25. The fourth-order valence-electron chi connectivity index (χ4n) is 6.18. The van der Waals surface area contributed by atoms with Crippen molar-refractivity contribution in [1.29, 1.82) is 0 Å². The number of rotatable bonds is 35. The fourth-order valence-corrected chi connectivity index (χ4v) is 19.2. The Hall–Kier alpha value is 1.52. The third-order valence-corrected chi connectivity index (χ3v) is 23.7. The molecule has 0 heterocycles. The molecule has 0 rings (SSSR count). The summed E-state index contributed by atoms with van der Waals surface area (Å²) in [5.41, 5.74) is 0. The van der Waals surface area contributed by atoms with Crippen LogP contribution in [0.2, 0.25) is 22.2 Å². The summed E-state index contributed by atoms with van der Waals surface area (Å²) < 4.78 is 17.7. The summed E-state index contributed by atoms with van der Waals surface area (Å²) >= 11 is -2.87. The van der Waals surface area contributed by atoms with E-state index in [1.165, 1.54) is 182 Å². The van der Waals surface area contributed by atoms with Gasteiger partial charge in [-0.25, -0.2) is 0 Å². The molecule has 0 aromatic carbocycles. The van der Waals surface area contributed by atoms with Gasteiger partial charge in [0.2, 0.25) is 0 Å². The predicted molar refractivity (Wildman–Crippen MR) is 205 cm³/mol. The van der Waals surface area contributed by atoms with E-state index in [4.69, 9.17) is 0 Å². The first-order valence-electron chi connectivity index (χ1n) is 20.5. The molecule has 266 valence electrons. The van der Waals surface area contributed by atoms with Crippen LogP contribution in [0.5, 0.6) is 0 Å². The summed E-state index contributed by atoms with van der Waals surface area (Å²) in [6.07, 6.45) is 43.3. The largest absolute Gasteiger partial charge is 2.00 e. The molecule has 1 N–H and O–H groups in total. The normalized spacial score (nSPS) is 10.8. The maximum absolute atomic E-state index is 10.1. The minimum Gasteiger partial charge on any atom is -2.00 e. The molecular formula is C40H86O2Sn2. The number of hydrogen-bond donors (Lipinski definition) is 1. The van der Waals surface area contributed by atoms with Gasteiger partial charge < -0.3 is 5.48 Å². The van der Waals surface area contributed by atoms with Crippen LogP contribution in [-0.2, 0) is 5.48 Å². The predicted octanol–water partition coefficient (Wildman–Crippen LogP) is 15.1. The van der Waals surface area contributed by atoms with Crippen LogP contribution >= 0.6 is 0 Å². The van der Waals surface area contributed by atoms with Crippen molar-refractivity contribution in [3.05, 3.63) is 0 Å². The Balaban J connectivity index is -0.000000786. The molecule has 44 heavy (non-hydrogen) atoms. The Kier molecular flexibility index (Phi) is 52.9. The van der Waals surface area contributed by atoms with Crippen LogP contribution < -0.4 is 0 Å². The van der Waals surface area contributed by atoms with E-state index in [1.807, 2.05) is 0 Å². The van der Waals surface area contributed by atoms with E-state index in [9.17, 15) is 3.44 Å². The van der Waals surface area contributed by atoms with E-state index < -0.39 is 39.9 Å². The maximum atomic E-state index is 10.1. The van der Waals surface area contributed by atoms with E-state index in [0.29, 0.717) is 0 Å². The van der Waals surface area contributed by atoms with Crippen LogP contribution in [-0.4, -0.2) is 43.4 Å². The van der Waals surface area contributed by atoms with Crippen LogP contribution in [0.25, 0.3) is 0 Å². The zero-order chi connectivity index (χ0) is 31.9. The molecule has 0 aliphatic carbocycles. The van der Waals surface area contributed by atoms with Gasteiger partial charge in [0.15, 0.2) is 0 Å². The summed E-state index contributed by atoms with van der Waals surface area (Å²) in [5, 5.41) is 0. The van der Waals surface area contributed by atoms with Gasteiger partial charge in [0.05, 0.1) is 0 Å². The molecule has 0 amide bonds. The first-order chi connectivity index (χ1) is 21.2. The molecule has 0 aromatic rings. The van der Waals surface area contributed by atoms with Gasteiger partial charge in [-0.05, 0) is 0 Å². The van der Waals surface area contributed by atoms with Crippen molar-refractivity contribution < 1.29 is 8.92 Å². The molecular weight excluding hydrogens is 750 g/mol. The molecule has 0 saturated heterocycles. The van der Waals surface area contributed by atoms with Crippen LogP contribution in [0.4, 0.5) is 0 Å². The Bertz CT molecular complexity index is 409. The van der Waals surface area contributed by atoms with Crippen molar-refractivity contribution in [1.82, 2.24) is 0 Å². The number of hydrogen-bond acceptors (Lipinski definition) is 1. The van der Waals surface area contributed by atoms with Crippen LogP contribution in [0, 0.1) is 0 Å². The van der Waals surface area contributed by atoms with E-state index in [2.05, 4.69) is 34.6 Å². The summed E-state index contributed by atoms with van der Waals surface area (Å²) in [5.74, 6) is 0. The monoisotopic (exact) mass is 838 g/mol. The average molecular weight is 837 g/mol. The van der Waals surface area contributed by atoms with Gasteiger partial charge >= 0.3 is 293 Å². The van der Waals surface area contributed by atoms with Crippen molar-refractivity contribution >= 4 is 39.9 Å². The molecule has 4 heteroatoms. The average Bonchev–Trinajstić information content (AvgIpc) is 3.01. The summed E-state index contributed by atoms with van der Waals surface area (Å²) in [7, 11) is 0. The molecule has 0 aliphatic rings. The second kappa shape index (κ2) is 46.6. The quantitative estimate of drug-likeness (QED) is 0.0502. The zero-order valence-electron chi connectivity index (χ0n) is 31.6. The Morgan fingerprint density at radius 3 is 0.682 bits per heavy atom. The van der Waals surface area contributed by atoms with Crippen molar-refractivity contribution in [2.45, 2.75) is 249 Å². The Labute approximate surface area is 296 Å². The summed E-state index contributed by atoms with van der Waals surface area (Å²) in [6.45, 7) is 11.5. The topological polar surface area (TPSA) is 48.7 Å². The molecule has 0 bridgehead atoms. The van der Waals surface area contributed by atoms with E-state index in [0.717, 1.165) is 0 Å². The van der Waals surface area contributed by atoms with Crippen LogP contribution in [0.1, 0.15) is 227 Å². The SMILES string of the molecule is CCCCCCC[CH2][Sn+]([CH2]CCCCCCC)[CH2]CCCCCCC.CCCCCCC[CH2][Sn+]([OH])[CH2]CCCCCCC.[O-2]. The molecule has 0 atom stereocenters. The first-order valence-corrected chi connectivity index (χ1v) is 31.9. The summed E-state index contributed by atoms with van der Waals surface area (Å²) in [4.78, 5) is 0. The minimum atomic E-state index is -1.86. The van der Waals surface area contributed by atoms with Gasteiger partial charge in [-0.15, -0.1) is 0 Å². The van der Waals surface area contributed by atoms with Crippen molar-refractivity contribution in [2.24, 2.45) is 0 Å². The van der Waals surface area contributed by atoms with Crippen molar-refractivity contribution in [3.63, 3.8) is 0 Å². The fraction of sp³-hybridized carbons (Fsp3) is 1.00. The smallest absolute Gasteiger partial charge is 2.00 e. The molecule has 0 spiro atoms. The Morgan fingerprint density at radius 2 is 0.455 bits per heavy atom. The van der Waals surface area contributed by atoms with Crippen molar-refractivity contribution in [3.8, 4) is 0 Å². The van der Waals surface area contributed by atoms with Gasteiger partial charge in [0.1, 0.15) is 0 Å². The van der Waals surface area contributed by atoms with Crippen molar-refractivity contribution in [2.75, 3.05) is 0 Å². The minimum absolute atomic E-state index is 0. The molecule has 0 radical (unpaired) electrons. The second-order valence-electron chi connectivity index (χ2n) is 13.9. The molecule has 0 fully saturated rings. The molecule has 2 nitrogen and oxygen atoms in total. The van der Waals surface area contributed by atoms with Crippen LogP contribution in [0.15, 0.2) is 0 Å². The maximum Gasteiger partial charge on any atom is -2.00 e. The molecule has 0 aromatic heterocycles. The second-order valence-corrected chi connectivity index (χ2v) is 28.6. The van der Waals surface area contributed by atoms with Gasteiger partial charge in [0, 0.05) is 0 Å². The standard InChI is InChI=1S/5C8H17.H2O.O.2Sn/c5*1-3-5-7-8-6-4-2;;;;/h5*1,3-8H2,2H3;1H2;;;/q;;;;;;-2;+1;+2/p-1. The van der Waals surface area contributed by atoms with Crippen LogP contribution in [0.3, 0.4) is 0 Å². The van der Waals surface area contributed by atoms with E-state index in [-0.39, 0.29) is 5.48 Å². The van der Waals surface area contributed by atoms with E-state index in [1.54, 1.807) is 32.6 Å². The summed E-state index contributed by atoms with van der Waals surface area (Å²) in [6, 6.07) is 0. The third kappa shape index (κ3) is 45.6. The van der Waals surface area contributed by atoms with E-state index >= 15 is 0 Å². The first kappa shape index (κ1) is 49.9. The van der Waals surface area contributed by atoms with Gasteiger partial charge in [-0.1, -0.05) is 0 Å².